The van der Waals surface area contributed by atoms with Crippen molar-refractivity contribution in [3.63, 3.8) is 0 Å². The van der Waals surface area contributed by atoms with E-state index in [0.29, 0.717) is 58.8 Å². The van der Waals surface area contributed by atoms with Gasteiger partial charge in [-0.3, -0.25) is 9.78 Å². The fourth-order valence-electron chi connectivity index (χ4n) is 4.99. The number of fused-ring (bicyclic) bond motifs is 2. The summed E-state index contributed by atoms with van der Waals surface area (Å²) >= 11 is 6.76. The quantitative estimate of drug-likeness (QED) is 0.346. The van der Waals surface area contributed by atoms with Gasteiger partial charge in [0.05, 0.1) is 39.3 Å². The van der Waals surface area contributed by atoms with Crippen molar-refractivity contribution in [3.05, 3.63) is 60.0 Å². The molecule has 0 bridgehead atoms. The number of benzene rings is 1. The SMILES string of the molecule is Nc1ncnc2c1c(-c1cc3nc(-c4ccccn4)ccc3cc1Cl)nn2C1CCC(C(=O)O)CC1. The molecular formula is C26H22ClN7O2. The number of carbonyl (C=O) groups is 1. The van der Waals surface area contributed by atoms with Crippen molar-refractivity contribution < 1.29 is 9.90 Å². The smallest absolute Gasteiger partial charge is 0.306 e. The summed E-state index contributed by atoms with van der Waals surface area (Å²) in [5.41, 5.74) is 10.5. The van der Waals surface area contributed by atoms with E-state index in [1.165, 1.54) is 6.33 Å². The number of anilines is 1. The summed E-state index contributed by atoms with van der Waals surface area (Å²) in [6.07, 6.45) is 5.72. The second-order valence-electron chi connectivity index (χ2n) is 9.03. The first-order valence-electron chi connectivity index (χ1n) is 11.7. The van der Waals surface area contributed by atoms with Crippen molar-refractivity contribution >= 4 is 45.3 Å². The van der Waals surface area contributed by atoms with Crippen LogP contribution in [0.25, 0.3) is 44.6 Å². The Bertz CT molecular complexity index is 1610. The number of pyridine rings is 2. The molecule has 36 heavy (non-hydrogen) atoms. The Labute approximate surface area is 211 Å². The van der Waals surface area contributed by atoms with Crippen LogP contribution < -0.4 is 5.73 Å². The van der Waals surface area contributed by atoms with Crippen LogP contribution in [0.1, 0.15) is 31.7 Å². The molecule has 3 N–H and O–H groups in total. The summed E-state index contributed by atoms with van der Waals surface area (Å²) < 4.78 is 1.86. The van der Waals surface area contributed by atoms with Gasteiger partial charge in [0.2, 0.25) is 0 Å². The number of carboxylic acids is 1. The van der Waals surface area contributed by atoms with Crippen molar-refractivity contribution in [1.29, 1.82) is 0 Å². The number of nitrogens with two attached hydrogens (primary N) is 1. The second-order valence-corrected chi connectivity index (χ2v) is 9.44. The number of aliphatic carboxylic acids is 1. The summed E-state index contributed by atoms with van der Waals surface area (Å²) in [5.74, 6) is -0.755. The Morgan fingerprint density at radius 2 is 1.86 bits per heavy atom. The summed E-state index contributed by atoms with van der Waals surface area (Å²) in [6.45, 7) is 0. The zero-order valence-electron chi connectivity index (χ0n) is 19.2. The van der Waals surface area contributed by atoms with Crippen LogP contribution in [0, 0.1) is 5.92 Å². The Hall–Kier alpha value is -4.11. The number of nitrogen functional groups attached to an aromatic ring is 1. The topological polar surface area (TPSA) is 133 Å². The van der Waals surface area contributed by atoms with Gasteiger partial charge in [-0.1, -0.05) is 23.7 Å². The highest BCUT2D eigenvalue weighted by atomic mass is 35.5. The molecule has 6 rings (SSSR count). The number of hydrogen-bond donors (Lipinski definition) is 2. The normalized spacial score (nSPS) is 18.0. The Balaban J connectivity index is 1.48. The minimum atomic E-state index is -0.744. The maximum atomic E-state index is 11.4. The van der Waals surface area contributed by atoms with Crippen molar-refractivity contribution in [3.8, 4) is 22.6 Å². The molecule has 1 fully saturated rings. The Kier molecular flexibility index (Phi) is 5.49. The molecule has 5 aromatic rings. The molecule has 0 amide bonds. The van der Waals surface area contributed by atoms with E-state index in [1.807, 2.05) is 47.1 Å². The molecule has 1 saturated carbocycles. The number of hydrogen-bond acceptors (Lipinski definition) is 7. The third kappa shape index (κ3) is 3.81. The third-order valence-corrected chi connectivity index (χ3v) is 7.18. The van der Waals surface area contributed by atoms with Gasteiger partial charge in [0.25, 0.3) is 0 Å². The predicted molar refractivity (Wildman–Crippen MR) is 137 cm³/mol. The third-order valence-electron chi connectivity index (χ3n) is 6.87. The van der Waals surface area contributed by atoms with Gasteiger partial charge >= 0.3 is 5.97 Å². The average Bonchev–Trinajstić information content (AvgIpc) is 3.29. The monoisotopic (exact) mass is 499 g/mol. The molecule has 0 radical (unpaired) electrons. The minimum absolute atomic E-state index is 0.0132. The van der Waals surface area contributed by atoms with Gasteiger partial charge in [0, 0.05) is 17.1 Å². The van der Waals surface area contributed by atoms with E-state index < -0.39 is 5.97 Å². The van der Waals surface area contributed by atoms with Gasteiger partial charge in [-0.05, 0) is 56.0 Å². The zero-order valence-corrected chi connectivity index (χ0v) is 19.9. The van der Waals surface area contributed by atoms with Gasteiger partial charge in [0.15, 0.2) is 5.65 Å². The molecule has 180 valence electrons. The van der Waals surface area contributed by atoms with Crippen LogP contribution in [-0.4, -0.2) is 40.8 Å². The lowest BCUT2D eigenvalue weighted by atomic mass is 9.86. The first kappa shape index (κ1) is 22.4. The Morgan fingerprint density at radius 3 is 2.61 bits per heavy atom. The standard InChI is InChI=1S/C26H22ClN7O2/c27-18-11-15-6-9-20(19-3-1-2-10-29-19)32-21(15)12-17(18)23-22-24(28)30-13-31-25(22)34(33-23)16-7-4-14(5-8-16)26(35)36/h1-3,6,9-14,16H,4-5,7-8H2,(H,35,36)(H2,28,30,31). The first-order chi connectivity index (χ1) is 17.5. The zero-order chi connectivity index (χ0) is 24.8. The van der Waals surface area contributed by atoms with Crippen molar-refractivity contribution in [2.24, 2.45) is 5.92 Å². The van der Waals surface area contributed by atoms with Gasteiger partial charge in [-0.2, -0.15) is 5.10 Å². The molecular weight excluding hydrogens is 478 g/mol. The fraction of sp³-hybridized carbons (Fsp3) is 0.231. The lowest BCUT2D eigenvalue weighted by Crippen LogP contribution is -2.24. The second kappa shape index (κ2) is 8.83. The average molecular weight is 500 g/mol. The predicted octanol–water partition coefficient (Wildman–Crippen LogP) is 5.16. The van der Waals surface area contributed by atoms with Gasteiger partial charge in [0.1, 0.15) is 17.8 Å². The van der Waals surface area contributed by atoms with Gasteiger partial charge < -0.3 is 10.8 Å². The highest BCUT2D eigenvalue weighted by Gasteiger charge is 2.30. The number of rotatable bonds is 4. The Morgan fingerprint density at radius 1 is 1.03 bits per heavy atom. The lowest BCUT2D eigenvalue weighted by Gasteiger charge is -2.26. The summed E-state index contributed by atoms with van der Waals surface area (Å²) in [4.78, 5) is 29.3. The molecule has 0 saturated heterocycles. The van der Waals surface area contributed by atoms with E-state index in [1.54, 1.807) is 6.20 Å². The van der Waals surface area contributed by atoms with Crippen LogP contribution in [0.15, 0.2) is 55.0 Å². The molecule has 1 aliphatic rings. The number of carboxylic acid groups (broad SMARTS) is 1. The van der Waals surface area contributed by atoms with E-state index >= 15 is 0 Å². The van der Waals surface area contributed by atoms with E-state index in [0.717, 1.165) is 22.3 Å². The van der Waals surface area contributed by atoms with Crippen LogP contribution in [0.5, 0.6) is 0 Å². The summed E-state index contributed by atoms with van der Waals surface area (Å²) in [6, 6.07) is 13.4. The van der Waals surface area contributed by atoms with Crippen molar-refractivity contribution in [1.82, 2.24) is 29.7 Å². The molecule has 1 aliphatic carbocycles. The maximum absolute atomic E-state index is 11.4. The molecule has 9 nitrogen and oxygen atoms in total. The van der Waals surface area contributed by atoms with E-state index in [-0.39, 0.29) is 12.0 Å². The number of halogens is 1. The van der Waals surface area contributed by atoms with Crippen molar-refractivity contribution in [2.75, 3.05) is 5.73 Å². The van der Waals surface area contributed by atoms with Crippen LogP contribution in [0.2, 0.25) is 5.02 Å². The number of aromatic nitrogens is 6. The van der Waals surface area contributed by atoms with Crippen LogP contribution in [-0.2, 0) is 4.79 Å². The van der Waals surface area contributed by atoms with E-state index in [4.69, 9.17) is 27.4 Å². The molecule has 4 aromatic heterocycles. The van der Waals surface area contributed by atoms with Crippen LogP contribution in [0.4, 0.5) is 5.82 Å². The summed E-state index contributed by atoms with van der Waals surface area (Å²) in [7, 11) is 0. The molecule has 0 unspecified atom stereocenters. The molecule has 4 heterocycles. The largest absolute Gasteiger partial charge is 0.481 e. The highest BCUT2D eigenvalue weighted by molar-refractivity contribution is 6.34. The van der Waals surface area contributed by atoms with Gasteiger partial charge in [-0.25, -0.2) is 19.6 Å². The molecule has 10 heteroatoms. The van der Waals surface area contributed by atoms with E-state index in [2.05, 4.69) is 15.0 Å². The maximum Gasteiger partial charge on any atom is 0.306 e. The molecule has 0 aliphatic heterocycles. The lowest BCUT2D eigenvalue weighted by molar-refractivity contribution is -0.143. The van der Waals surface area contributed by atoms with Gasteiger partial charge in [-0.15, -0.1) is 0 Å². The molecule has 0 atom stereocenters. The molecule has 1 aromatic carbocycles. The number of nitrogens with zero attached hydrogens (tertiary/aromatic N) is 6. The fourth-order valence-corrected chi connectivity index (χ4v) is 5.25. The highest BCUT2D eigenvalue weighted by Crippen LogP contribution is 2.40. The first-order valence-corrected chi connectivity index (χ1v) is 12.1. The van der Waals surface area contributed by atoms with Crippen molar-refractivity contribution in [2.45, 2.75) is 31.7 Å². The minimum Gasteiger partial charge on any atom is -0.481 e. The van der Waals surface area contributed by atoms with E-state index in [9.17, 15) is 9.90 Å². The van der Waals surface area contributed by atoms with Crippen LogP contribution >= 0.6 is 11.6 Å². The van der Waals surface area contributed by atoms with Crippen LogP contribution in [0.3, 0.4) is 0 Å². The summed E-state index contributed by atoms with van der Waals surface area (Å²) in [5, 5.41) is 16.3. The molecule has 0 spiro atoms.